The number of aromatic amines is 1. The minimum absolute atomic E-state index is 0.0291. The zero-order valence-electron chi connectivity index (χ0n) is 18.6. The number of amides is 1. The molecule has 0 spiro atoms. The fourth-order valence-electron chi connectivity index (χ4n) is 2.85. The van der Waals surface area contributed by atoms with Gasteiger partial charge in [0.15, 0.2) is 5.78 Å². The van der Waals surface area contributed by atoms with E-state index < -0.39 is 5.41 Å². The van der Waals surface area contributed by atoms with Crippen molar-refractivity contribution in [2.24, 2.45) is 5.41 Å². The Bertz CT molecular complexity index is 1270. The summed E-state index contributed by atoms with van der Waals surface area (Å²) in [4.78, 5) is 42.9. The van der Waals surface area contributed by atoms with E-state index in [9.17, 15) is 14.4 Å². The molecule has 0 radical (unpaired) electrons. The van der Waals surface area contributed by atoms with E-state index in [2.05, 4.69) is 32.4 Å². The van der Waals surface area contributed by atoms with Gasteiger partial charge in [0, 0.05) is 23.1 Å². The number of benzene rings is 2. The predicted octanol–water partition coefficient (Wildman–Crippen LogP) is 3.25. The van der Waals surface area contributed by atoms with Gasteiger partial charge in [-0.15, -0.1) is 0 Å². The molecule has 3 N–H and O–H groups in total. The highest BCUT2D eigenvalue weighted by Gasteiger charge is 2.22. The minimum Gasteiger partial charge on any atom is -0.302 e. The van der Waals surface area contributed by atoms with Crippen molar-refractivity contribution >= 4 is 28.5 Å². The van der Waals surface area contributed by atoms with Crippen molar-refractivity contribution in [2.75, 3.05) is 11.9 Å². The Morgan fingerprint density at radius 2 is 1.81 bits per heavy atom. The Balaban J connectivity index is 1.62. The van der Waals surface area contributed by atoms with Crippen LogP contribution >= 0.6 is 0 Å². The second-order valence-corrected chi connectivity index (χ2v) is 8.51. The molecule has 0 aliphatic carbocycles. The molecule has 0 saturated carbocycles. The Morgan fingerprint density at radius 1 is 1.09 bits per heavy atom. The van der Waals surface area contributed by atoms with E-state index in [1.807, 2.05) is 18.2 Å². The van der Waals surface area contributed by atoms with Gasteiger partial charge < -0.3 is 5.32 Å². The number of carbonyl (C=O) groups is 2. The van der Waals surface area contributed by atoms with E-state index in [4.69, 9.17) is 0 Å². The van der Waals surface area contributed by atoms with Crippen LogP contribution in [0.1, 0.15) is 49.2 Å². The highest BCUT2D eigenvalue weighted by molar-refractivity contribution is 5.94. The smallest absolute Gasteiger partial charge is 0.260 e. The van der Waals surface area contributed by atoms with E-state index in [0.717, 1.165) is 11.1 Å². The lowest BCUT2D eigenvalue weighted by molar-refractivity contribution is -0.123. The van der Waals surface area contributed by atoms with Crippen LogP contribution in [0.15, 0.2) is 47.3 Å². The second kappa shape index (κ2) is 9.58. The Morgan fingerprint density at radius 3 is 2.47 bits per heavy atom. The molecule has 0 atom stereocenters. The number of nitrogens with one attached hydrogen (secondary N) is 3. The number of rotatable bonds is 5. The Labute approximate surface area is 186 Å². The molecule has 0 bridgehead atoms. The van der Waals surface area contributed by atoms with Gasteiger partial charge in [-0.1, -0.05) is 50.8 Å². The predicted molar refractivity (Wildman–Crippen MR) is 125 cm³/mol. The Hall–Kier alpha value is -3.76. The summed E-state index contributed by atoms with van der Waals surface area (Å²) in [5, 5.41) is 6.33. The number of carbonyl (C=O) groups excluding carboxylic acids is 2. The molecule has 3 rings (SSSR count). The van der Waals surface area contributed by atoms with E-state index in [1.165, 1.54) is 6.92 Å². The molecular weight excluding hydrogens is 404 g/mol. The first-order valence-corrected chi connectivity index (χ1v) is 10.3. The van der Waals surface area contributed by atoms with Crippen molar-refractivity contribution < 1.29 is 9.59 Å². The molecule has 1 aromatic heterocycles. The van der Waals surface area contributed by atoms with Gasteiger partial charge in [-0.2, -0.15) is 0 Å². The third-order valence-electron chi connectivity index (χ3n) is 4.75. The van der Waals surface area contributed by atoms with Crippen LogP contribution in [-0.2, 0) is 11.3 Å². The summed E-state index contributed by atoms with van der Waals surface area (Å²) >= 11 is 0. The van der Waals surface area contributed by atoms with Gasteiger partial charge in [0.25, 0.3) is 5.56 Å². The zero-order chi connectivity index (χ0) is 23.3. The standard InChI is InChI=1S/C25H26N4O3/c1-16(30)19-10-7-17(8-11-19)6-5-13-26-15-18-9-12-21-20(14-18)22(31)28-24(27-21)29-23(32)25(2,3)4/h7-12,14,26H,13,15H2,1-4H3,(H2,27,28,29,31,32). The largest absolute Gasteiger partial charge is 0.302 e. The number of H-pyrrole nitrogens is 1. The van der Waals surface area contributed by atoms with E-state index in [0.29, 0.717) is 29.6 Å². The average molecular weight is 431 g/mol. The lowest BCUT2D eigenvalue weighted by atomic mass is 9.96. The maximum absolute atomic E-state index is 12.5. The minimum atomic E-state index is -0.593. The third-order valence-corrected chi connectivity index (χ3v) is 4.75. The monoisotopic (exact) mass is 430 g/mol. The van der Waals surface area contributed by atoms with Gasteiger partial charge in [-0.25, -0.2) is 4.98 Å². The molecule has 0 aliphatic rings. The van der Waals surface area contributed by atoms with Gasteiger partial charge in [0.1, 0.15) is 0 Å². The highest BCUT2D eigenvalue weighted by atomic mass is 16.2. The van der Waals surface area contributed by atoms with Crippen LogP contribution in [0, 0.1) is 17.3 Å². The topological polar surface area (TPSA) is 104 Å². The number of hydrogen-bond donors (Lipinski definition) is 3. The number of nitrogens with zero attached hydrogens (tertiary/aromatic N) is 1. The van der Waals surface area contributed by atoms with Gasteiger partial charge in [0.05, 0.1) is 17.4 Å². The third kappa shape index (κ3) is 5.90. The van der Waals surface area contributed by atoms with Crippen LogP contribution in [0.4, 0.5) is 5.95 Å². The normalized spacial score (nSPS) is 11.0. The second-order valence-electron chi connectivity index (χ2n) is 8.51. The van der Waals surface area contributed by atoms with E-state index >= 15 is 0 Å². The summed E-state index contributed by atoms with van der Waals surface area (Å²) in [6.07, 6.45) is 0. The van der Waals surface area contributed by atoms with Crippen molar-refractivity contribution in [1.29, 1.82) is 0 Å². The molecule has 3 aromatic rings. The molecular formula is C25H26N4O3. The van der Waals surface area contributed by atoms with Crippen molar-refractivity contribution in [3.05, 3.63) is 69.5 Å². The number of Topliss-reactive ketones (excluding diaryl/α,β-unsaturated/α-hetero) is 1. The first-order chi connectivity index (χ1) is 15.1. The molecule has 1 amide bonds. The maximum atomic E-state index is 12.5. The molecule has 0 fully saturated rings. The molecule has 164 valence electrons. The summed E-state index contributed by atoms with van der Waals surface area (Å²) in [5.74, 6) is 6.03. The van der Waals surface area contributed by atoms with Crippen molar-refractivity contribution in [1.82, 2.24) is 15.3 Å². The van der Waals surface area contributed by atoms with Crippen LogP contribution in [0.3, 0.4) is 0 Å². The quantitative estimate of drug-likeness (QED) is 0.327. The molecule has 0 aliphatic heterocycles. The number of hydrogen-bond acceptors (Lipinski definition) is 5. The van der Waals surface area contributed by atoms with Gasteiger partial charge in [-0.05, 0) is 36.8 Å². The van der Waals surface area contributed by atoms with Crippen LogP contribution in [0.2, 0.25) is 0 Å². The van der Waals surface area contributed by atoms with Gasteiger partial charge >= 0.3 is 0 Å². The highest BCUT2D eigenvalue weighted by Crippen LogP contribution is 2.16. The molecule has 0 unspecified atom stereocenters. The Kier molecular flexibility index (Phi) is 6.86. The maximum Gasteiger partial charge on any atom is 0.260 e. The van der Waals surface area contributed by atoms with Gasteiger partial charge in [-0.3, -0.25) is 24.7 Å². The molecule has 0 saturated heterocycles. The average Bonchev–Trinajstić information content (AvgIpc) is 2.73. The van der Waals surface area contributed by atoms with Crippen molar-refractivity contribution in [3.63, 3.8) is 0 Å². The fraction of sp³-hybridized carbons (Fsp3) is 0.280. The molecule has 1 heterocycles. The number of fused-ring (bicyclic) bond motifs is 1. The number of ketones is 1. The van der Waals surface area contributed by atoms with Gasteiger partial charge in [0.2, 0.25) is 11.9 Å². The molecule has 7 heteroatoms. The number of anilines is 1. The molecule has 2 aromatic carbocycles. The first-order valence-electron chi connectivity index (χ1n) is 10.3. The summed E-state index contributed by atoms with van der Waals surface area (Å²) in [7, 11) is 0. The van der Waals surface area contributed by atoms with Crippen LogP contribution in [0.5, 0.6) is 0 Å². The number of aromatic nitrogens is 2. The fourth-order valence-corrected chi connectivity index (χ4v) is 2.85. The van der Waals surface area contributed by atoms with E-state index in [1.54, 1.807) is 45.0 Å². The summed E-state index contributed by atoms with van der Waals surface area (Å²) in [6, 6.07) is 12.6. The summed E-state index contributed by atoms with van der Waals surface area (Å²) in [6.45, 7) is 7.90. The summed E-state index contributed by atoms with van der Waals surface area (Å²) in [5.41, 5.74) is 2.03. The van der Waals surface area contributed by atoms with Crippen LogP contribution in [0.25, 0.3) is 10.9 Å². The SMILES string of the molecule is CC(=O)c1ccc(C#CCNCc2ccc3nc(NC(=O)C(C)(C)C)[nH]c(=O)c3c2)cc1. The van der Waals surface area contributed by atoms with E-state index in [-0.39, 0.29) is 23.2 Å². The lowest BCUT2D eigenvalue weighted by Crippen LogP contribution is -2.29. The van der Waals surface area contributed by atoms with Crippen molar-refractivity contribution in [2.45, 2.75) is 34.2 Å². The van der Waals surface area contributed by atoms with Crippen molar-refractivity contribution in [3.8, 4) is 11.8 Å². The molecule has 7 nitrogen and oxygen atoms in total. The first kappa shape index (κ1) is 22.9. The molecule has 32 heavy (non-hydrogen) atoms. The van der Waals surface area contributed by atoms with Crippen LogP contribution in [-0.4, -0.2) is 28.2 Å². The lowest BCUT2D eigenvalue weighted by Gasteiger charge is -2.17. The van der Waals surface area contributed by atoms with Crippen LogP contribution < -0.4 is 16.2 Å². The summed E-state index contributed by atoms with van der Waals surface area (Å²) < 4.78 is 0. The zero-order valence-corrected chi connectivity index (χ0v) is 18.6.